The minimum absolute atomic E-state index is 0.0491. The zero-order valence-electron chi connectivity index (χ0n) is 11.0. The molecule has 6 heteroatoms. The lowest BCUT2D eigenvalue weighted by molar-refractivity contribution is -0.137. The van der Waals surface area contributed by atoms with Crippen LogP contribution in [-0.4, -0.2) is 54.7 Å². The fourth-order valence-corrected chi connectivity index (χ4v) is 1.25. The third kappa shape index (κ3) is 7.57. The predicted molar refractivity (Wildman–Crippen MR) is 66.0 cm³/mol. The van der Waals surface area contributed by atoms with Crippen molar-refractivity contribution in [3.63, 3.8) is 0 Å². The van der Waals surface area contributed by atoms with E-state index in [1.54, 1.807) is 11.9 Å². The zero-order valence-corrected chi connectivity index (χ0v) is 11.0. The van der Waals surface area contributed by atoms with Crippen LogP contribution in [0.3, 0.4) is 0 Å². The van der Waals surface area contributed by atoms with Crippen molar-refractivity contribution in [3.8, 4) is 0 Å². The maximum Gasteiger partial charge on any atom is 0.317 e. The van der Waals surface area contributed by atoms with E-state index in [1.807, 2.05) is 20.9 Å². The van der Waals surface area contributed by atoms with Gasteiger partial charge in [0.15, 0.2) is 0 Å². The molecule has 0 aliphatic carbocycles. The van der Waals surface area contributed by atoms with Crippen LogP contribution in [0.1, 0.15) is 26.7 Å². The highest BCUT2D eigenvalue weighted by Crippen LogP contribution is 2.11. The number of hydrogen-bond acceptors (Lipinski definition) is 3. The van der Waals surface area contributed by atoms with Gasteiger partial charge in [-0.25, -0.2) is 4.79 Å². The monoisotopic (exact) mass is 245 g/mol. The maximum atomic E-state index is 11.7. The Balaban J connectivity index is 4.11. The van der Waals surface area contributed by atoms with Gasteiger partial charge < -0.3 is 20.6 Å². The van der Waals surface area contributed by atoms with Crippen LogP contribution in [0.4, 0.5) is 4.79 Å². The number of hydrogen-bond donors (Lipinski definition) is 3. The van der Waals surface area contributed by atoms with E-state index in [1.165, 1.54) is 0 Å². The first-order chi connectivity index (χ1) is 7.78. The average Bonchev–Trinajstić information content (AvgIpc) is 2.22. The molecule has 6 nitrogen and oxygen atoms in total. The lowest BCUT2D eigenvalue weighted by Gasteiger charge is -2.29. The molecular weight excluding hydrogens is 222 g/mol. The number of aliphatic carboxylic acids is 1. The number of nitrogens with zero attached hydrogens (tertiary/aromatic N) is 1. The van der Waals surface area contributed by atoms with Crippen LogP contribution in [0.25, 0.3) is 0 Å². The van der Waals surface area contributed by atoms with E-state index in [0.29, 0.717) is 13.0 Å². The van der Waals surface area contributed by atoms with Gasteiger partial charge in [-0.1, -0.05) is 0 Å². The Hall–Kier alpha value is -1.30. The van der Waals surface area contributed by atoms with Crippen LogP contribution in [-0.2, 0) is 4.79 Å². The van der Waals surface area contributed by atoms with Gasteiger partial charge in [0, 0.05) is 32.1 Å². The standard InChI is InChI=1S/C11H23N3O3/c1-11(2,6-5-9(15)16)13-10(17)14(4)8-7-12-3/h12H,5-8H2,1-4H3,(H,13,17)(H,15,16). The molecule has 0 aromatic heterocycles. The van der Waals surface area contributed by atoms with Crippen molar-refractivity contribution in [3.05, 3.63) is 0 Å². The summed E-state index contributed by atoms with van der Waals surface area (Å²) in [6.45, 7) is 4.97. The normalized spacial score (nSPS) is 11.1. The number of nitrogens with one attached hydrogen (secondary N) is 2. The Labute approximate surface area is 102 Å². The Morgan fingerprint density at radius 2 is 1.94 bits per heavy atom. The van der Waals surface area contributed by atoms with Gasteiger partial charge in [-0.05, 0) is 27.3 Å². The fraction of sp³-hybridized carbons (Fsp3) is 0.818. The summed E-state index contributed by atoms with van der Waals surface area (Å²) in [4.78, 5) is 23.8. The number of rotatable bonds is 7. The third-order valence-corrected chi connectivity index (χ3v) is 2.45. The molecule has 0 unspecified atom stereocenters. The smallest absolute Gasteiger partial charge is 0.317 e. The summed E-state index contributed by atoms with van der Waals surface area (Å²) in [5.74, 6) is -0.851. The summed E-state index contributed by atoms with van der Waals surface area (Å²) in [6.07, 6.45) is 0.460. The van der Waals surface area contributed by atoms with Crippen molar-refractivity contribution < 1.29 is 14.7 Å². The second-order valence-corrected chi connectivity index (χ2v) is 4.73. The molecule has 0 saturated heterocycles. The van der Waals surface area contributed by atoms with Crippen molar-refractivity contribution in [1.82, 2.24) is 15.5 Å². The number of carboxylic acids is 1. The number of carbonyl (C=O) groups excluding carboxylic acids is 1. The van der Waals surface area contributed by atoms with E-state index in [2.05, 4.69) is 10.6 Å². The minimum atomic E-state index is -0.851. The molecule has 0 aromatic rings. The molecular formula is C11H23N3O3. The summed E-state index contributed by atoms with van der Waals surface area (Å²) in [6, 6.07) is -0.185. The number of likely N-dealkylation sites (N-methyl/N-ethyl adjacent to an activating group) is 2. The van der Waals surface area contributed by atoms with Gasteiger partial charge in [0.2, 0.25) is 0 Å². The van der Waals surface area contributed by atoms with Crippen molar-refractivity contribution in [2.24, 2.45) is 0 Å². The number of amides is 2. The highest BCUT2D eigenvalue weighted by Gasteiger charge is 2.22. The van der Waals surface area contributed by atoms with E-state index in [-0.39, 0.29) is 12.5 Å². The SMILES string of the molecule is CNCCN(C)C(=O)NC(C)(C)CCC(=O)O. The molecule has 17 heavy (non-hydrogen) atoms. The molecule has 0 aromatic carbocycles. The van der Waals surface area contributed by atoms with Gasteiger partial charge >= 0.3 is 12.0 Å². The van der Waals surface area contributed by atoms with Crippen LogP contribution in [0.2, 0.25) is 0 Å². The summed E-state index contributed by atoms with van der Waals surface area (Å²) in [7, 11) is 3.53. The van der Waals surface area contributed by atoms with Crippen molar-refractivity contribution in [2.45, 2.75) is 32.2 Å². The summed E-state index contributed by atoms with van der Waals surface area (Å²) in [5, 5.41) is 14.4. The van der Waals surface area contributed by atoms with Gasteiger partial charge in [-0.2, -0.15) is 0 Å². The topological polar surface area (TPSA) is 81.7 Å². The highest BCUT2D eigenvalue weighted by molar-refractivity contribution is 5.74. The number of carbonyl (C=O) groups is 2. The average molecular weight is 245 g/mol. The molecule has 0 spiro atoms. The molecule has 3 N–H and O–H groups in total. The number of carboxylic acid groups (broad SMARTS) is 1. The maximum absolute atomic E-state index is 11.7. The molecule has 0 bridgehead atoms. The Morgan fingerprint density at radius 3 is 2.41 bits per heavy atom. The molecule has 0 rings (SSSR count). The Morgan fingerprint density at radius 1 is 1.35 bits per heavy atom. The zero-order chi connectivity index (χ0) is 13.5. The van der Waals surface area contributed by atoms with Gasteiger partial charge in [-0.15, -0.1) is 0 Å². The number of urea groups is 1. The quantitative estimate of drug-likeness (QED) is 0.609. The van der Waals surface area contributed by atoms with Crippen molar-refractivity contribution >= 4 is 12.0 Å². The van der Waals surface area contributed by atoms with Crippen LogP contribution >= 0.6 is 0 Å². The van der Waals surface area contributed by atoms with Gasteiger partial charge in [0.1, 0.15) is 0 Å². The molecule has 0 saturated carbocycles. The van der Waals surface area contributed by atoms with Gasteiger partial charge in [-0.3, -0.25) is 4.79 Å². The minimum Gasteiger partial charge on any atom is -0.481 e. The first kappa shape index (κ1) is 15.7. The summed E-state index contributed by atoms with van der Waals surface area (Å²) < 4.78 is 0. The van der Waals surface area contributed by atoms with Crippen LogP contribution < -0.4 is 10.6 Å². The van der Waals surface area contributed by atoms with Crippen molar-refractivity contribution in [1.29, 1.82) is 0 Å². The molecule has 0 radical (unpaired) electrons. The third-order valence-electron chi connectivity index (χ3n) is 2.45. The van der Waals surface area contributed by atoms with E-state index in [9.17, 15) is 9.59 Å². The molecule has 0 aliphatic rings. The van der Waals surface area contributed by atoms with Crippen molar-refractivity contribution in [2.75, 3.05) is 27.2 Å². The molecule has 0 fully saturated rings. The van der Waals surface area contributed by atoms with Gasteiger partial charge in [0.25, 0.3) is 0 Å². The lowest BCUT2D eigenvalue weighted by Crippen LogP contribution is -2.50. The van der Waals surface area contributed by atoms with Crippen LogP contribution in [0.15, 0.2) is 0 Å². The van der Waals surface area contributed by atoms with E-state index in [0.717, 1.165) is 6.54 Å². The Kier molecular flexibility index (Phi) is 6.57. The summed E-state index contributed by atoms with van der Waals surface area (Å²) in [5.41, 5.74) is -0.511. The van der Waals surface area contributed by atoms with Gasteiger partial charge in [0.05, 0.1) is 0 Å². The molecule has 0 aliphatic heterocycles. The second-order valence-electron chi connectivity index (χ2n) is 4.73. The summed E-state index contributed by atoms with van der Waals surface area (Å²) >= 11 is 0. The molecule has 100 valence electrons. The predicted octanol–water partition coefficient (Wildman–Crippen LogP) is 0.491. The second kappa shape index (κ2) is 7.11. The molecule has 0 heterocycles. The molecule has 2 amide bonds. The van der Waals surface area contributed by atoms with Crippen LogP contribution in [0.5, 0.6) is 0 Å². The van der Waals surface area contributed by atoms with E-state index < -0.39 is 11.5 Å². The Bertz CT molecular complexity index is 267. The lowest BCUT2D eigenvalue weighted by atomic mass is 9.99. The van der Waals surface area contributed by atoms with Crippen LogP contribution in [0, 0.1) is 0 Å². The van der Waals surface area contributed by atoms with E-state index >= 15 is 0 Å². The first-order valence-electron chi connectivity index (χ1n) is 5.68. The van der Waals surface area contributed by atoms with E-state index in [4.69, 9.17) is 5.11 Å². The first-order valence-corrected chi connectivity index (χ1v) is 5.68. The fourth-order valence-electron chi connectivity index (χ4n) is 1.25. The molecule has 0 atom stereocenters. The largest absolute Gasteiger partial charge is 0.481 e. The highest BCUT2D eigenvalue weighted by atomic mass is 16.4.